The Morgan fingerprint density at radius 2 is 2.25 bits per heavy atom. The van der Waals surface area contributed by atoms with Crippen LogP contribution in [0.2, 0.25) is 0 Å². The molecule has 1 saturated carbocycles. The summed E-state index contributed by atoms with van der Waals surface area (Å²) in [4.78, 5) is 22.6. The number of amides is 1. The van der Waals surface area contributed by atoms with E-state index in [0.717, 1.165) is 24.8 Å². The van der Waals surface area contributed by atoms with Crippen LogP contribution in [0.1, 0.15) is 37.8 Å². The highest BCUT2D eigenvalue weighted by atomic mass is 16.6. The van der Waals surface area contributed by atoms with Crippen molar-refractivity contribution in [3.05, 3.63) is 39.9 Å². The SMILES string of the molecule is CC(NC(=O)C1(CN)CCC1)c1cccc([N+](=O)[O-])c1. The molecule has 0 aliphatic heterocycles. The van der Waals surface area contributed by atoms with E-state index >= 15 is 0 Å². The van der Waals surface area contributed by atoms with E-state index in [2.05, 4.69) is 5.32 Å². The van der Waals surface area contributed by atoms with Gasteiger partial charge in [-0.2, -0.15) is 0 Å². The summed E-state index contributed by atoms with van der Waals surface area (Å²) in [5, 5.41) is 13.7. The Balaban J connectivity index is 2.08. The first kappa shape index (κ1) is 14.5. The van der Waals surface area contributed by atoms with Gasteiger partial charge in [0.05, 0.1) is 16.4 Å². The summed E-state index contributed by atoms with van der Waals surface area (Å²) in [6.07, 6.45) is 2.66. The molecule has 1 aliphatic carbocycles. The van der Waals surface area contributed by atoms with Gasteiger partial charge in [-0.3, -0.25) is 14.9 Å². The van der Waals surface area contributed by atoms with Gasteiger partial charge in [0.15, 0.2) is 0 Å². The van der Waals surface area contributed by atoms with Gasteiger partial charge in [-0.15, -0.1) is 0 Å². The lowest BCUT2D eigenvalue weighted by Gasteiger charge is -2.39. The second kappa shape index (κ2) is 5.58. The average molecular weight is 277 g/mol. The van der Waals surface area contributed by atoms with Crippen molar-refractivity contribution in [2.45, 2.75) is 32.2 Å². The maximum atomic E-state index is 12.3. The number of carbonyl (C=O) groups is 1. The fourth-order valence-corrected chi connectivity index (χ4v) is 2.47. The summed E-state index contributed by atoms with van der Waals surface area (Å²) in [7, 11) is 0. The maximum Gasteiger partial charge on any atom is 0.269 e. The van der Waals surface area contributed by atoms with E-state index in [1.54, 1.807) is 12.1 Å². The van der Waals surface area contributed by atoms with Crippen LogP contribution in [0.3, 0.4) is 0 Å². The van der Waals surface area contributed by atoms with E-state index in [9.17, 15) is 14.9 Å². The van der Waals surface area contributed by atoms with E-state index in [4.69, 9.17) is 5.73 Å². The summed E-state index contributed by atoms with van der Waals surface area (Å²) >= 11 is 0. The van der Waals surface area contributed by atoms with Gasteiger partial charge in [-0.1, -0.05) is 18.6 Å². The minimum atomic E-state index is -0.439. The Kier molecular flexibility index (Phi) is 4.04. The third-order valence-electron chi connectivity index (χ3n) is 4.11. The van der Waals surface area contributed by atoms with E-state index in [-0.39, 0.29) is 17.6 Å². The molecule has 1 atom stereocenters. The molecule has 3 N–H and O–H groups in total. The minimum Gasteiger partial charge on any atom is -0.349 e. The van der Waals surface area contributed by atoms with Crippen LogP contribution >= 0.6 is 0 Å². The normalized spacial score (nSPS) is 17.9. The number of hydrogen-bond donors (Lipinski definition) is 2. The lowest BCUT2D eigenvalue weighted by molar-refractivity contribution is -0.384. The number of nitrogens with zero attached hydrogens (tertiary/aromatic N) is 1. The molecule has 1 aromatic carbocycles. The number of carbonyl (C=O) groups excluding carboxylic acids is 1. The molecule has 6 heteroatoms. The van der Waals surface area contributed by atoms with E-state index in [0.29, 0.717) is 6.54 Å². The summed E-state index contributed by atoms with van der Waals surface area (Å²) < 4.78 is 0. The van der Waals surface area contributed by atoms with Crippen LogP contribution in [0.15, 0.2) is 24.3 Å². The van der Waals surface area contributed by atoms with Crippen LogP contribution in [-0.2, 0) is 4.79 Å². The Bertz CT molecular complexity index is 521. The molecule has 0 bridgehead atoms. The predicted octanol–water partition coefficient (Wildman–Crippen LogP) is 1.90. The van der Waals surface area contributed by atoms with Gasteiger partial charge < -0.3 is 11.1 Å². The van der Waals surface area contributed by atoms with Crippen LogP contribution in [0.5, 0.6) is 0 Å². The van der Waals surface area contributed by atoms with Gasteiger partial charge in [0.1, 0.15) is 0 Å². The molecule has 6 nitrogen and oxygen atoms in total. The molecular weight excluding hydrogens is 258 g/mol. The molecule has 0 spiro atoms. The molecule has 108 valence electrons. The van der Waals surface area contributed by atoms with E-state index in [1.165, 1.54) is 12.1 Å². The average Bonchev–Trinajstić information content (AvgIpc) is 2.38. The number of nitrogens with two attached hydrogens (primary N) is 1. The Morgan fingerprint density at radius 1 is 1.55 bits per heavy atom. The van der Waals surface area contributed by atoms with Gasteiger partial charge in [0.2, 0.25) is 5.91 Å². The second-order valence-electron chi connectivity index (χ2n) is 5.39. The topological polar surface area (TPSA) is 98.3 Å². The third-order valence-corrected chi connectivity index (χ3v) is 4.11. The largest absolute Gasteiger partial charge is 0.349 e. The van der Waals surface area contributed by atoms with Crippen LogP contribution in [-0.4, -0.2) is 17.4 Å². The predicted molar refractivity (Wildman–Crippen MR) is 75.0 cm³/mol. The molecule has 1 unspecified atom stereocenters. The summed E-state index contributed by atoms with van der Waals surface area (Å²) in [6.45, 7) is 2.17. The molecule has 1 amide bonds. The summed E-state index contributed by atoms with van der Waals surface area (Å²) in [5.41, 5.74) is 6.01. The first-order valence-electron chi connectivity index (χ1n) is 6.74. The monoisotopic (exact) mass is 277 g/mol. The molecule has 1 fully saturated rings. The first-order chi connectivity index (χ1) is 9.48. The molecule has 0 radical (unpaired) electrons. The number of nitrogens with one attached hydrogen (secondary N) is 1. The van der Waals surface area contributed by atoms with E-state index in [1.807, 2.05) is 6.92 Å². The smallest absolute Gasteiger partial charge is 0.269 e. The molecule has 2 rings (SSSR count). The fraction of sp³-hybridized carbons (Fsp3) is 0.500. The number of benzene rings is 1. The van der Waals surface area contributed by atoms with Crippen LogP contribution < -0.4 is 11.1 Å². The van der Waals surface area contributed by atoms with Crippen molar-refractivity contribution in [2.75, 3.05) is 6.54 Å². The number of non-ortho nitro benzene ring substituents is 1. The fourth-order valence-electron chi connectivity index (χ4n) is 2.47. The van der Waals surface area contributed by atoms with Crippen molar-refractivity contribution in [2.24, 2.45) is 11.1 Å². The molecule has 0 heterocycles. The Hall–Kier alpha value is -1.95. The minimum absolute atomic E-state index is 0.0285. The zero-order valence-electron chi connectivity index (χ0n) is 11.5. The highest BCUT2D eigenvalue weighted by molar-refractivity contribution is 5.84. The molecule has 20 heavy (non-hydrogen) atoms. The Morgan fingerprint density at radius 3 is 2.75 bits per heavy atom. The highest BCUT2D eigenvalue weighted by Crippen LogP contribution is 2.40. The standard InChI is InChI=1S/C14H19N3O3/c1-10(11-4-2-5-12(8-11)17(19)20)16-13(18)14(9-15)6-3-7-14/h2,4-5,8,10H,3,6-7,9,15H2,1H3,(H,16,18). The summed E-state index contributed by atoms with van der Waals surface area (Å²) in [5.74, 6) is -0.0507. The lowest BCUT2D eigenvalue weighted by Crippen LogP contribution is -2.50. The number of nitro groups is 1. The van der Waals surface area contributed by atoms with Gasteiger partial charge in [0.25, 0.3) is 5.69 Å². The van der Waals surface area contributed by atoms with Crippen LogP contribution in [0, 0.1) is 15.5 Å². The lowest BCUT2D eigenvalue weighted by atomic mass is 9.68. The molecule has 1 aliphatic rings. The van der Waals surface area contributed by atoms with Crippen molar-refractivity contribution < 1.29 is 9.72 Å². The molecule has 0 aromatic heterocycles. The van der Waals surface area contributed by atoms with Crippen molar-refractivity contribution >= 4 is 11.6 Å². The number of rotatable bonds is 5. The van der Waals surface area contributed by atoms with Crippen molar-refractivity contribution in [3.8, 4) is 0 Å². The number of nitro benzene ring substituents is 1. The van der Waals surface area contributed by atoms with Crippen LogP contribution in [0.4, 0.5) is 5.69 Å². The first-order valence-corrected chi connectivity index (χ1v) is 6.74. The number of hydrogen-bond acceptors (Lipinski definition) is 4. The summed E-state index contributed by atoms with van der Waals surface area (Å²) in [6, 6.07) is 6.05. The molecule has 1 aromatic rings. The van der Waals surface area contributed by atoms with E-state index < -0.39 is 10.3 Å². The molecule has 0 saturated heterocycles. The molecular formula is C14H19N3O3. The van der Waals surface area contributed by atoms with Gasteiger partial charge in [0, 0.05) is 18.7 Å². The van der Waals surface area contributed by atoms with Crippen LogP contribution in [0.25, 0.3) is 0 Å². The highest BCUT2D eigenvalue weighted by Gasteiger charge is 2.43. The Labute approximate surface area is 117 Å². The van der Waals surface area contributed by atoms with Gasteiger partial charge in [-0.25, -0.2) is 0 Å². The van der Waals surface area contributed by atoms with Crippen molar-refractivity contribution in [1.82, 2.24) is 5.32 Å². The van der Waals surface area contributed by atoms with Gasteiger partial charge in [-0.05, 0) is 25.3 Å². The third kappa shape index (κ3) is 2.65. The van der Waals surface area contributed by atoms with Crippen molar-refractivity contribution in [3.63, 3.8) is 0 Å². The zero-order chi connectivity index (χ0) is 14.8. The maximum absolute atomic E-state index is 12.3. The quantitative estimate of drug-likeness (QED) is 0.634. The second-order valence-corrected chi connectivity index (χ2v) is 5.39. The zero-order valence-corrected chi connectivity index (χ0v) is 11.5. The van der Waals surface area contributed by atoms with Crippen molar-refractivity contribution in [1.29, 1.82) is 0 Å². The van der Waals surface area contributed by atoms with Gasteiger partial charge >= 0.3 is 0 Å².